The zero-order valence-electron chi connectivity index (χ0n) is 16.8. The zero-order valence-corrected chi connectivity index (χ0v) is 17.6. The Hall–Kier alpha value is -2.46. The van der Waals surface area contributed by atoms with Crippen molar-refractivity contribution >= 4 is 32.5 Å². The van der Waals surface area contributed by atoms with Crippen LogP contribution in [0.2, 0.25) is 0 Å². The van der Waals surface area contributed by atoms with Crippen LogP contribution in [0.4, 0.5) is 0 Å². The first-order chi connectivity index (χ1) is 13.6. The molecule has 0 N–H and O–H groups in total. The van der Waals surface area contributed by atoms with Crippen LogP contribution >= 0.6 is 11.3 Å². The van der Waals surface area contributed by atoms with E-state index in [1.165, 1.54) is 42.9 Å². The van der Waals surface area contributed by atoms with E-state index in [2.05, 4.69) is 52.0 Å². The van der Waals surface area contributed by atoms with Crippen LogP contribution in [0, 0.1) is 6.92 Å². The fourth-order valence-electron chi connectivity index (χ4n) is 4.34. The largest absolute Gasteiger partial charge is 0.493 e. The molecule has 0 saturated heterocycles. The molecule has 0 unspecified atom stereocenters. The SMILES string of the molecule is CCc1c(C)cc2nc(C(C)C)sc2c1-c1ccc2c3c(ccnc13)CCO2. The molecular weight excluding hydrogens is 364 g/mol. The topological polar surface area (TPSA) is 35.0 Å². The summed E-state index contributed by atoms with van der Waals surface area (Å²) in [7, 11) is 0. The Bertz CT molecular complexity index is 1210. The second-order valence-corrected chi connectivity index (χ2v) is 8.89. The second-order valence-electron chi connectivity index (χ2n) is 7.86. The molecule has 28 heavy (non-hydrogen) atoms. The quantitative estimate of drug-likeness (QED) is 0.405. The maximum Gasteiger partial charge on any atom is 0.129 e. The van der Waals surface area contributed by atoms with Crippen molar-refractivity contribution in [3.05, 3.63) is 52.2 Å². The molecule has 5 rings (SSSR count). The Morgan fingerprint density at radius 3 is 2.86 bits per heavy atom. The summed E-state index contributed by atoms with van der Waals surface area (Å²) in [6.45, 7) is 9.62. The van der Waals surface area contributed by atoms with Crippen LogP contribution in [0.3, 0.4) is 0 Å². The summed E-state index contributed by atoms with van der Waals surface area (Å²) in [5, 5.41) is 2.37. The number of benzene rings is 2. The number of fused-ring (bicyclic) bond motifs is 1. The van der Waals surface area contributed by atoms with E-state index < -0.39 is 0 Å². The molecule has 2 aromatic heterocycles. The monoisotopic (exact) mass is 388 g/mol. The highest BCUT2D eigenvalue weighted by Gasteiger charge is 2.22. The lowest BCUT2D eigenvalue weighted by Crippen LogP contribution is -2.09. The number of hydrogen-bond acceptors (Lipinski definition) is 4. The Labute approximate surface area is 169 Å². The van der Waals surface area contributed by atoms with Crippen molar-refractivity contribution in [3.8, 4) is 16.9 Å². The first-order valence-corrected chi connectivity index (χ1v) is 10.9. The Balaban J connectivity index is 1.91. The van der Waals surface area contributed by atoms with E-state index in [-0.39, 0.29) is 0 Å². The predicted molar refractivity (Wildman–Crippen MR) is 118 cm³/mol. The summed E-state index contributed by atoms with van der Waals surface area (Å²) in [5.74, 6) is 1.39. The summed E-state index contributed by atoms with van der Waals surface area (Å²) in [5.41, 5.74) is 8.71. The highest BCUT2D eigenvalue weighted by Crippen LogP contribution is 2.44. The average Bonchev–Trinajstić information content (AvgIpc) is 3.12. The van der Waals surface area contributed by atoms with Gasteiger partial charge in [0, 0.05) is 35.0 Å². The molecule has 0 saturated carbocycles. The third-order valence-electron chi connectivity index (χ3n) is 5.71. The zero-order chi connectivity index (χ0) is 19.4. The molecule has 142 valence electrons. The van der Waals surface area contributed by atoms with Gasteiger partial charge in [-0.15, -0.1) is 11.3 Å². The molecule has 1 aliphatic rings. The minimum atomic E-state index is 0.429. The fourth-order valence-corrected chi connectivity index (χ4v) is 5.48. The molecule has 3 nitrogen and oxygen atoms in total. The van der Waals surface area contributed by atoms with Gasteiger partial charge < -0.3 is 4.74 Å². The molecule has 0 amide bonds. The highest BCUT2D eigenvalue weighted by molar-refractivity contribution is 7.19. The van der Waals surface area contributed by atoms with Gasteiger partial charge in [0.2, 0.25) is 0 Å². The number of nitrogens with zero attached hydrogens (tertiary/aromatic N) is 2. The van der Waals surface area contributed by atoms with Crippen molar-refractivity contribution in [2.45, 2.75) is 46.5 Å². The van der Waals surface area contributed by atoms with Crippen molar-refractivity contribution < 1.29 is 4.74 Å². The molecule has 0 radical (unpaired) electrons. The van der Waals surface area contributed by atoms with Gasteiger partial charge in [0.25, 0.3) is 0 Å². The third-order valence-corrected chi connectivity index (χ3v) is 7.10. The lowest BCUT2D eigenvalue weighted by Gasteiger charge is -2.21. The lowest BCUT2D eigenvalue weighted by molar-refractivity contribution is 0.318. The van der Waals surface area contributed by atoms with E-state index in [1.807, 2.05) is 17.5 Å². The van der Waals surface area contributed by atoms with Crippen LogP contribution in [0.15, 0.2) is 30.5 Å². The van der Waals surface area contributed by atoms with Gasteiger partial charge >= 0.3 is 0 Å². The van der Waals surface area contributed by atoms with E-state index in [0.29, 0.717) is 5.92 Å². The Kier molecular flexibility index (Phi) is 4.13. The van der Waals surface area contributed by atoms with Gasteiger partial charge in [-0.1, -0.05) is 20.8 Å². The number of pyridine rings is 1. The van der Waals surface area contributed by atoms with Crippen LogP contribution in [0.25, 0.3) is 32.2 Å². The number of aromatic nitrogens is 2. The standard InChI is InChI=1S/C24H24N2OS/c1-5-16-14(4)12-18-23(28-24(26-18)13(2)3)21(16)17-6-7-19-20-15(9-11-27-19)8-10-25-22(17)20/h6-8,10,12-13H,5,9,11H2,1-4H3. The smallest absolute Gasteiger partial charge is 0.129 e. The summed E-state index contributed by atoms with van der Waals surface area (Å²) in [4.78, 5) is 9.77. The average molecular weight is 389 g/mol. The molecule has 4 aromatic rings. The Morgan fingerprint density at radius 2 is 2.07 bits per heavy atom. The molecule has 2 aromatic carbocycles. The molecule has 0 atom stereocenters. The maximum absolute atomic E-state index is 5.94. The van der Waals surface area contributed by atoms with Gasteiger partial charge in [-0.05, 0) is 54.3 Å². The minimum absolute atomic E-state index is 0.429. The normalized spacial score (nSPS) is 13.5. The number of aryl methyl sites for hydroxylation is 1. The van der Waals surface area contributed by atoms with E-state index in [9.17, 15) is 0 Å². The van der Waals surface area contributed by atoms with Gasteiger partial charge in [-0.2, -0.15) is 0 Å². The number of rotatable bonds is 3. The lowest BCUT2D eigenvalue weighted by atomic mass is 9.90. The van der Waals surface area contributed by atoms with Crippen molar-refractivity contribution in [2.24, 2.45) is 0 Å². The second kappa shape index (κ2) is 6.56. The highest BCUT2D eigenvalue weighted by atomic mass is 32.1. The summed E-state index contributed by atoms with van der Waals surface area (Å²) >= 11 is 1.83. The van der Waals surface area contributed by atoms with Crippen LogP contribution < -0.4 is 4.74 Å². The first kappa shape index (κ1) is 17.6. The minimum Gasteiger partial charge on any atom is -0.493 e. The van der Waals surface area contributed by atoms with E-state index in [1.54, 1.807) is 0 Å². The van der Waals surface area contributed by atoms with E-state index >= 15 is 0 Å². The maximum atomic E-state index is 5.94. The molecule has 1 aliphatic heterocycles. The van der Waals surface area contributed by atoms with E-state index in [0.717, 1.165) is 36.2 Å². The van der Waals surface area contributed by atoms with Crippen LogP contribution in [0.5, 0.6) is 5.75 Å². The summed E-state index contributed by atoms with van der Waals surface area (Å²) in [6, 6.07) is 8.71. The molecule has 0 aliphatic carbocycles. The fraction of sp³-hybridized carbons (Fsp3) is 0.333. The summed E-state index contributed by atoms with van der Waals surface area (Å²) < 4.78 is 7.22. The third kappa shape index (κ3) is 2.55. The molecule has 4 heteroatoms. The molecule has 3 heterocycles. The Morgan fingerprint density at radius 1 is 1.21 bits per heavy atom. The number of thiazole rings is 1. The molecule has 0 bridgehead atoms. The molecule has 0 spiro atoms. The number of hydrogen-bond donors (Lipinski definition) is 0. The molecule has 0 fully saturated rings. The van der Waals surface area contributed by atoms with Crippen LogP contribution in [-0.2, 0) is 12.8 Å². The van der Waals surface area contributed by atoms with Gasteiger partial charge in [-0.3, -0.25) is 4.98 Å². The van der Waals surface area contributed by atoms with Crippen molar-refractivity contribution in [3.63, 3.8) is 0 Å². The van der Waals surface area contributed by atoms with Gasteiger partial charge in [0.05, 0.1) is 27.3 Å². The van der Waals surface area contributed by atoms with Crippen molar-refractivity contribution in [1.82, 2.24) is 9.97 Å². The van der Waals surface area contributed by atoms with E-state index in [4.69, 9.17) is 14.7 Å². The van der Waals surface area contributed by atoms with Gasteiger partial charge in [0.15, 0.2) is 0 Å². The van der Waals surface area contributed by atoms with Crippen molar-refractivity contribution in [1.29, 1.82) is 0 Å². The van der Waals surface area contributed by atoms with Crippen LogP contribution in [0.1, 0.15) is 48.4 Å². The molecular formula is C24H24N2OS. The van der Waals surface area contributed by atoms with Crippen molar-refractivity contribution in [2.75, 3.05) is 6.61 Å². The first-order valence-electron chi connectivity index (χ1n) is 10.0. The van der Waals surface area contributed by atoms with Gasteiger partial charge in [0.1, 0.15) is 5.75 Å². The predicted octanol–water partition coefficient (Wildman–Crippen LogP) is 6.44. The van der Waals surface area contributed by atoms with Gasteiger partial charge in [-0.25, -0.2) is 4.98 Å². The summed E-state index contributed by atoms with van der Waals surface area (Å²) in [6.07, 6.45) is 3.88. The number of ether oxygens (including phenoxy) is 1. The van der Waals surface area contributed by atoms with Crippen LogP contribution in [-0.4, -0.2) is 16.6 Å².